The second-order valence-electron chi connectivity index (χ2n) is 3.26. The summed E-state index contributed by atoms with van der Waals surface area (Å²) in [5.74, 6) is -0.636. The highest BCUT2D eigenvalue weighted by molar-refractivity contribution is 7.34. The van der Waals surface area contributed by atoms with Gasteiger partial charge in [-0.1, -0.05) is 30.3 Å². The highest BCUT2D eigenvalue weighted by Gasteiger charge is 2.26. The van der Waals surface area contributed by atoms with E-state index in [4.69, 9.17) is 0 Å². The van der Waals surface area contributed by atoms with Crippen LogP contribution in [0.25, 0.3) is 6.08 Å². The summed E-state index contributed by atoms with van der Waals surface area (Å²) in [6.07, 6.45) is 1.66. The molecular formula is C12H14O4P+. The zero-order valence-corrected chi connectivity index (χ0v) is 10.6. The van der Waals surface area contributed by atoms with Gasteiger partial charge in [-0.3, -0.25) is 0 Å². The van der Waals surface area contributed by atoms with E-state index in [2.05, 4.69) is 9.05 Å². The van der Waals surface area contributed by atoms with Gasteiger partial charge in [-0.2, -0.15) is 4.52 Å². The summed E-state index contributed by atoms with van der Waals surface area (Å²) in [5.41, 5.74) is 1.26. The molecule has 0 heterocycles. The molecule has 4 nitrogen and oxygen atoms in total. The van der Waals surface area contributed by atoms with Crippen LogP contribution in [-0.4, -0.2) is 12.6 Å². The Labute approximate surface area is 101 Å². The Morgan fingerprint density at radius 1 is 1.35 bits per heavy atom. The molecule has 0 saturated heterocycles. The molecule has 0 aliphatic rings. The maximum absolute atomic E-state index is 11.5. The first-order valence-electron chi connectivity index (χ1n) is 5.19. The fourth-order valence-electron chi connectivity index (χ4n) is 1.13. The summed E-state index contributed by atoms with van der Waals surface area (Å²) in [5, 5.41) is 0. The second kappa shape index (κ2) is 6.94. The van der Waals surface area contributed by atoms with Gasteiger partial charge in [0.2, 0.25) is 0 Å². The SMILES string of the molecule is CCO[P+](=O)OC(=O)C(C)=Cc1ccccc1. The normalized spacial score (nSPS) is 12.1. The van der Waals surface area contributed by atoms with Crippen molar-refractivity contribution in [3.8, 4) is 0 Å². The molecule has 0 amide bonds. The van der Waals surface area contributed by atoms with E-state index in [0.29, 0.717) is 5.57 Å². The van der Waals surface area contributed by atoms with E-state index in [9.17, 15) is 9.36 Å². The average Bonchev–Trinajstić information content (AvgIpc) is 2.30. The first kappa shape index (κ1) is 13.6. The molecule has 0 spiro atoms. The van der Waals surface area contributed by atoms with Crippen LogP contribution < -0.4 is 0 Å². The molecule has 1 aromatic rings. The van der Waals surface area contributed by atoms with Crippen molar-refractivity contribution in [1.29, 1.82) is 0 Å². The van der Waals surface area contributed by atoms with Crippen LogP contribution in [0.3, 0.4) is 0 Å². The van der Waals surface area contributed by atoms with Crippen LogP contribution >= 0.6 is 8.25 Å². The lowest BCUT2D eigenvalue weighted by molar-refractivity contribution is -0.130. The van der Waals surface area contributed by atoms with Gasteiger partial charge in [-0.25, -0.2) is 4.79 Å². The van der Waals surface area contributed by atoms with Crippen LogP contribution in [0.1, 0.15) is 19.4 Å². The fraction of sp³-hybridized carbons (Fsp3) is 0.250. The molecule has 1 unspecified atom stereocenters. The Morgan fingerprint density at radius 2 is 2.00 bits per heavy atom. The van der Waals surface area contributed by atoms with E-state index >= 15 is 0 Å². The quantitative estimate of drug-likeness (QED) is 0.596. The molecule has 1 aromatic carbocycles. The zero-order chi connectivity index (χ0) is 12.7. The van der Waals surface area contributed by atoms with Gasteiger partial charge in [0, 0.05) is 10.1 Å². The Bertz CT molecular complexity index is 425. The molecule has 0 aromatic heterocycles. The van der Waals surface area contributed by atoms with Crippen LogP contribution in [0, 0.1) is 0 Å². The summed E-state index contributed by atoms with van der Waals surface area (Å²) in [6.45, 7) is 3.52. The molecule has 0 aliphatic heterocycles. The Balaban J connectivity index is 2.64. The number of benzene rings is 1. The van der Waals surface area contributed by atoms with Gasteiger partial charge in [0.1, 0.15) is 6.61 Å². The van der Waals surface area contributed by atoms with Gasteiger partial charge in [-0.05, 0) is 25.5 Å². The first-order chi connectivity index (χ1) is 8.13. The molecule has 1 atom stereocenters. The van der Waals surface area contributed by atoms with E-state index in [1.54, 1.807) is 19.9 Å². The molecule has 0 N–H and O–H groups in total. The summed E-state index contributed by atoms with van der Waals surface area (Å²) in [4.78, 5) is 11.5. The third-order valence-corrected chi connectivity index (χ3v) is 2.68. The van der Waals surface area contributed by atoms with Crippen molar-refractivity contribution in [2.45, 2.75) is 13.8 Å². The van der Waals surface area contributed by atoms with Crippen molar-refractivity contribution in [3.63, 3.8) is 0 Å². The summed E-state index contributed by atoms with van der Waals surface area (Å²) >= 11 is 0. The third-order valence-electron chi connectivity index (χ3n) is 1.90. The molecule has 0 fully saturated rings. The molecule has 90 valence electrons. The Morgan fingerprint density at radius 3 is 2.59 bits per heavy atom. The molecule has 5 heteroatoms. The second-order valence-corrected chi connectivity index (χ2v) is 4.15. The van der Waals surface area contributed by atoms with Crippen molar-refractivity contribution < 1.29 is 18.4 Å². The molecule has 0 aliphatic carbocycles. The molecule has 1 rings (SSSR count). The van der Waals surface area contributed by atoms with Crippen LogP contribution in [0.5, 0.6) is 0 Å². The lowest BCUT2D eigenvalue weighted by atomic mass is 10.1. The summed E-state index contributed by atoms with van der Waals surface area (Å²) < 4.78 is 20.3. The van der Waals surface area contributed by atoms with Crippen molar-refractivity contribution in [2.75, 3.05) is 6.61 Å². The standard InChI is InChI=1S/C12H14O4P/c1-3-15-17(14)16-12(13)10(2)9-11-7-5-4-6-8-11/h4-9H,3H2,1-2H3/q+1. The lowest BCUT2D eigenvalue weighted by Crippen LogP contribution is -2.01. The van der Waals surface area contributed by atoms with Crippen molar-refractivity contribution in [1.82, 2.24) is 0 Å². The maximum Gasteiger partial charge on any atom is 0.753 e. The maximum atomic E-state index is 11.5. The van der Waals surface area contributed by atoms with Crippen molar-refractivity contribution in [2.24, 2.45) is 0 Å². The van der Waals surface area contributed by atoms with Gasteiger partial charge < -0.3 is 0 Å². The van der Waals surface area contributed by atoms with Gasteiger partial charge in [0.25, 0.3) is 0 Å². The number of rotatable bonds is 5. The molecule has 0 saturated carbocycles. The van der Waals surface area contributed by atoms with Crippen LogP contribution in [0.15, 0.2) is 35.9 Å². The van der Waals surface area contributed by atoms with E-state index < -0.39 is 14.2 Å². The van der Waals surface area contributed by atoms with Gasteiger partial charge in [-0.15, -0.1) is 4.52 Å². The zero-order valence-electron chi connectivity index (χ0n) is 9.75. The van der Waals surface area contributed by atoms with E-state index in [-0.39, 0.29) is 6.61 Å². The summed E-state index contributed by atoms with van der Waals surface area (Å²) in [7, 11) is -2.37. The molecule has 0 radical (unpaired) electrons. The minimum Gasteiger partial charge on any atom is -0.241 e. The van der Waals surface area contributed by atoms with Crippen molar-refractivity contribution in [3.05, 3.63) is 41.5 Å². The fourth-order valence-corrected chi connectivity index (χ4v) is 1.67. The number of hydrogen-bond donors (Lipinski definition) is 0. The molecule has 17 heavy (non-hydrogen) atoms. The minimum absolute atomic E-state index is 0.240. The van der Waals surface area contributed by atoms with Gasteiger partial charge in [0.05, 0.1) is 0 Å². The van der Waals surface area contributed by atoms with Crippen LogP contribution in [-0.2, 0) is 18.4 Å². The monoisotopic (exact) mass is 253 g/mol. The largest absolute Gasteiger partial charge is 0.753 e. The Hall–Kier alpha value is -1.51. The van der Waals surface area contributed by atoms with E-state index in [1.807, 2.05) is 30.3 Å². The third kappa shape index (κ3) is 4.89. The highest BCUT2D eigenvalue weighted by atomic mass is 31.1. The molecular weight excluding hydrogens is 239 g/mol. The predicted molar refractivity (Wildman–Crippen MR) is 65.4 cm³/mol. The smallest absolute Gasteiger partial charge is 0.241 e. The number of carbonyl (C=O) groups excluding carboxylic acids is 1. The van der Waals surface area contributed by atoms with Crippen LogP contribution in [0.2, 0.25) is 0 Å². The predicted octanol–water partition coefficient (Wildman–Crippen LogP) is 3.33. The highest BCUT2D eigenvalue weighted by Crippen LogP contribution is 2.25. The molecule has 0 bridgehead atoms. The first-order valence-corrected chi connectivity index (χ1v) is 6.29. The van der Waals surface area contributed by atoms with Gasteiger partial charge in [0.15, 0.2) is 0 Å². The minimum atomic E-state index is -2.37. The van der Waals surface area contributed by atoms with Crippen LogP contribution in [0.4, 0.5) is 0 Å². The lowest BCUT2D eigenvalue weighted by Gasteiger charge is -1.95. The van der Waals surface area contributed by atoms with E-state index in [1.165, 1.54) is 0 Å². The van der Waals surface area contributed by atoms with Gasteiger partial charge >= 0.3 is 14.2 Å². The van der Waals surface area contributed by atoms with E-state index in [0.717, 1.165) is 5.56 Å². The van der Waals surface area contributed by atoms with Crippen molar-refractivity contribution >= 4 is 20.3 Å². The Kier molecular flexibility index (Phi) is 5.53. The average molecular weight is 253 g/mol. The number of hydrogen-bond acceptors (Lipinski definition) is 4. The number of carbonyl (C=O) groups is 1. The topological polar surface area (TPSA) is 52.6 Å². The summed E-state index contributed by atoms with van der Waals surface area (Å²) in [6, 6.07) is 9.34.